The van der Waals surface area contributed by atoms with Crippen molar-refractivity contribution >= 4 is 17.5 Å². The predicted molar refractivity (Wildman–Crippen MR) is 59.2 cm³/mol. The van der Waals surface area contributed by atoms with Gasteiger partial charge in [0.15, 0.2) is 0 Å². The van der Waals surface area contributed by atoms with E-state index in [0.29, 0.717) is 5.56 Å². The van der Waals surface area contributed by atoms with Crippen molar-refractivity contribution in [1.29, 1.82) is 0 Å². The van der Waals surface area contributed by atoms with E-state index in [1.54, 1.807) is 18.2 Å². The Hall–Kier alpha value is -1.68. The lowest BCUT2D eigenvalue weighted by molar-refractivity contribution is 0.0697. The molecule has 0 spiro atoms. The van der Waals surface area contributed by atoms with Gasteiger partial charge in [0, 0.05) is 0 Å². The minimum absolute atomic E-state index is 0.304. The van der Waals surface area contributed by atoms with Crippen molar-refractivity contribution in [2.45, 2.75) is 6.92 Å². The zero-order chi connectivity index (χ0) is 10.8. The normalized spacial score (nSPS) is 10.2. The van der Waals surface area contributed by atoms with E-state index in [2.05, 4.69) is 4.37 Å². The van der Waals surface area contributed by atoms with Crippen molar-refractivity contribution in [3.05, 3.63) is 41.6 Å². The summed E-state index contributed by atoms with van der Waals surface area (Å²) in [6, 6.07) is 8.83. The summed E-state index contributed by atoms with van der Waals surface area (Å²) in [5, 5.41) is 8.85. The standard InChI is InChI=1S/C11H9NO2S/c1-7-5-10(15-12-7)8-3-2-4-9(6-8)11(13)14/h2-6H,1H3,(H,13,14). The summed E-state index contributed by atoms with van der Waals surface area (Å²) < 4.78 is 4.16. The van der Waals surface area contributed by atoms with Gasteiger partial charge in [-0.25, -0.2) is 4.79 Å². The Kier molecular flexibility index (Phi) is 2.51. The third kappa shape index (κ3) is 2.05. The van der Waals surface area contributed by atoms with Crippen molar-refractivity contribution in [2.75, 3.05) is 0 Å². The molecule has 0 fully saturated rings. The zero-order valence-corrected chi connectivity index (χ0v) is 8.91. The Labute approximate surface area is 91.2 Å². The van der Waals surface area contributed by atoms with Gasteiger partial charge < -0.3 is 5.11 Å². The summed E-state index contributed by atoms with van der Waals surface area (Å²) in [6.45, 7) is 1.92. The summed E-state index contributed by atoms with van der Waals surface area (Å²) in [5.74, 6) is -0.905. The smallest absolute Gasteiger partial charge is 0.335 e. The Balaban J connectivity index is 2.45. The Morgan fingerprint density at radius 3 is 2.80 bits per heavy atom. The van der Waals surface area contributed by atoms with Crippen LogP contribution in [0, 0.1) is 6.92 Å². The number of aromatic carboxylic acids is 1. The van der Waals surface area contributed by atoms with Gasteiger partial charge in [-0.2, -0.15) is 4.37 Å². The van der Waals surface area contributed by atoms with Crippen LogP contribution in [0.15, 0.2) is 30.3 Å². The Morgan fingerprint density at radius 1 is 1.40 bits per heavy atom. The van der Waals surface area contributed by atoms with E-state index in [0.717, 1.165) is 16.1 Å². The molecular formula is C11H9NO2S. The van der Waals surface area contributed by atoms with Crippen molar-refractivity contribution in [3.8, 4) is 10.4 Å². The van der Waals surface area contributed by atoms with Gasteiger partial charge in [-0.3, -0.25) is 0 Å². The molecule has 0 aliphatic carbocycles. The highest BCUT2D eigenvalue weighted by atomic mass is 32.1. The molecular weight excluding hydrogens is 210 g/mol. The number of carboxylic acid groups (broad SMARTS) is 1. The lowest BCUT2D eigenvalue weighted by Gasteiger charge is -1.98. The van der Waals surface area contributed by atoms with E-state index in [4.69, 9.17) is 5.11 Å². The lowest BCUT2D eigenvalue weighted by Crippen LogP contribution is -1.95. The van der Waals surface area contributed by atoms with Crippen LogP contribution in [0.2, 0.25) is 0 Å². The number of hydrogen-bond donors (Lipinski definition) is 1. The van der Waals surface area contributed by atoms with Crippen LogP contribution in [-0.2, 0) is 0 Å². The fourth-order valence-electron chi connectivity index (χ4n) is 1.31. The summed E-state index contributed by atoms with van der Waals surface area (Å²) in [4.78, 5) is 11.8. The molecule has 0 saturated carbocycles. The predicted octanol–water partition coefficient (Wildman–Crippen LogP) is 2.82. The average Bonchev–Trinajstić information content (AvgIpc) is 2.65. The van der Waals surface area contributed by atoms with Crippen molar-refractivity contribution in [1.82, 2.24) is 4.37 Å². The van der Waals surface area contributed by atoms with E-state index in [9.17, 15) is 4.79 Å². The van der Waals surface area contributed by atoms with Crippen LogP contribution in [0.25, 0.3) is 10.4 Å². The number of nitrogens with zero attached hydrogens (tertiary/aromatic N) is 1. The number of carboxylic acids is 1. The van der Waals surface area contributed by atoms with Gasteiger partial charge in [-0.1, -0.05) is 12.1 Å². The molecule has 0 bridgehead atoms. The van der Waals surface area contributed by atoms with E-state index in [1.165, 1.54) is 11.5 Å². The molecule has 2 aromatic rings. The second kappa shape index (κ2) is 3.82. The molecule has 0 saturated heterocycles. The number of benzene rings is 1. The molecule has 1 aromatic heterocycles. The molecule has 1 heterocycles. The van der Waals surface area contributed by atoms with Gasteiger partial charge in [0.05, 0.1) is 16.1 Å². The molecule has 3 nitrogen and oxygen atoms in total. The minimum atomic E-state index is -0.905. The molecule has 1 N–H and O–H groups in total. The van der Waals surface area contributed by atoms with Crippen molar-refractivity contribution in [2.24, 2.45) is 0 Å². The largest absolute Gasteiger partial charge is 0.478 e. The topological polar surface area (TPSA) is 50.2 Å². The highest BCUT2D eigenvalue weighted by molar-refractivity contribution is 7.09. The molecule has 15 heavy (non-hydrogen) atoms. The molecule has 1 aromatic carbocycles. The van der Waals surface area contributed by atoms with Gasteiger partial charge in [0.1, 0.15) is 0 Å². The first-order chi connectivity index (χ1) is 7.16. The molecule has 0 atom stereocenters. The van der Waals surface area contributed by atoms with Crippen molar-refractivity contribution < 1.29 is 9.90 Å². The van der Waals surface area contributed by atoms with Crippen LogP contribution in [0.3, 0.4) is 0 Å². The first kappa shape index (κ1) is 9.86. The number of aromatic nitrogens is 1. The number of carbonyl (C=O) groups is 1. The second-order valence-corrected chi connectivity index (χ2v) is 4.02. The van der Waals surface area contributed by atoms with E-state index < -0.39 is 5.97 Å². The first-order valence-corrected chi connectivity index (χ1v) is 5.21. The SMILES string of the molecule is Cc1cc(-c2cccc(C(=O)O)c2)sn1. The van der Waals surface area contributed by atoms with Crippen LogP contribution in [-0.4, -0.2) is 15.4 Å². The molecule has 0 aliphatic rings. The Morgan fingerprint density at radius 2 is 2.20 bits per heavy atom. The van der Waals surface area contributed by atoms with Crippen LogP contribution in [0.1, 0.15) is 16.1 Å². The quantitative estimate of drug-likeness (QED) is 0.844. The fourth-order valence-corrected chi connectivity index (χ4v) is 2.06. The molecule has 4 heteroatoms. The van der Waals surface area contributed by atoms with Gasteiger partial charge in [0.25, 0.3) is 0 Å². The number of aryl methyl sites for hydroxylation is 1. The van der Waals surface area contributed by atoms with E-state index in [1.807, 2.05) is 19.1 Å². The maximum absolute atomic E-state index is 10.8. The maximum atomic E-state index is 10.8. The summed E-state index contributed by atoms with van der Waals surface area (Å²) in [5.41, 5.74) is 2.16. The summed E-state index contributed by atoms with van der Waals surface area (Å²) in [6.07, 6.45) is 0. The molecule has 0 unspecified atom stereocenters. The average molecular weight is 219 g/mol. The highest BCUT2D eigenvalue weighted by Gasteiger charge is 2.06. The van der Waals surface area contributed by atoms with Gasteiger partial charge in [0.2, 0.25) is 0 Å². The number of rotatable bonds is 2. The van der Waals surface area contributed by atoms with Crippen LogP contribution < -0.4 is 0 Å². The molecule has 0 aliphatic heterocycles. The second-order valence-electron chi connectivity index (χ2n) is 3.22. The highest BCUT2D eigenvalue weighted by Crippen LogP contribution is 2.25. The van der Waals surface area contributed by atoms with E-state index >= 15 is 0 Å². The number of hydrogen-bond acceptors (Lipinski definition) is 3. The van der Waals surface area contributed by atoms with E-state index in [-0.39, 0.29) is 0 Å². The summed E-state index contributed by atoms with van der Waals surface area (Å²) >= 11 is 1.38. The fraction of sp³-hybridized carbons (Fsp3) is 0.0909. The zero-order valence-electron chi connectivity index (χ0n) is 8.10. The lowest BCUT2D eigenvalue weighted by atomic mass is 10.1. The van der Waals surface area contributed by atoms with Crippen LogP contribution >= 0.6 is 11.5 Å². The molecule has 2 rings (SSSR count). The van der Waals surface area contributed by atoms with Crippen LogP contribution in [0.4, 0.5) is 0 Å². The third-order valence-electron chi connectivity index (χ3n) is 2.02. The van der Waals surface area contributed by atoms with Gasteiger partial charge >= 0.3 is 5.97 Å². The Bertz CT molecular complexity index is 505. The first-order valence-electron chi connectivity index (χ1n) is 4.44. The molecule has 0 radical (unpaired) electrons. The monoisotopic (exact) mass is 219 g/mol. The van der Waals surface area contributed by atoms with Gasteiger partial charge in [-0.15, -0.1) is 0 Å². The van der Waals surface area contributed by atoms with Crippen LogP contribution in [0.5, 0.6) is 0 Å². The van der Waals surface area contributed by atoms with Crippen molar-refractivity contribution in [3.63, 3.8) is 0 Å². The molecule has 0 amide bonds. The minimum Gasteiger partial charge on any atom is -0.478 e. The third-order valence-corrected chi connectivity index (χ3v) is 2.95. The van der Waals surface area contributed by atoms with Gasteiger partial charge in [-0.05, 0) is 42.2 Å². The molecule has 76 valence electrons. The maximum Gasteiger partial charge on any atom is 0.335 e. The summed E-state index contributed by atoms with van der Waals surface area (Å²) in [7, 11) is 0.